The number of hydrazone groups is 1. The lowest BCUT2D eigenvalue weighted by molar-refractivity contribution is -0.136. The van der Waals surface area contributed by atoms with Gasteiger partial charge >= 0.3 is 0 Å². The van der Waals surface area contributed by atoms with E-state index in [9.17, 15) is 14.4 Å². The van der Waals surface area contributed by atoms with E-state index in [-0.39, 0.29) is 24.4 Å². The molecule has 3 amide bonds. The van der Waals surface area contributed by atoms with Gasteiger partial charge in [-0.25, -0.2) is 9.91 Å². The molecule has 0 N–H and O–H groups in total. The van der Waals surface area contributed by atoms with Crippen molar-refractivity contribution >= 4 is 46.8 Å². The number of imide groups is 1. The molecule has 3 aromatic rings. The molecule has 1 saturated heterocycles. The van der Waals surface area contributed by atoms with E-state index in [4.69, 9.17) is 26.2 Å². The second-order valence-corrected chi connectivity index (χ2v) is 12.5. The van der Waals surface area contributed by atoms with E-state index in [0.29, 0.717) is 23.9 Å². The topological polar surface area (TPSA) is 116 Å². The summed E-state index contributed by atoms with van der Waals surface area (Å²) < 4.78 is 11.3. The summed E-state index contributed by atoms with van der Waals surface area (Å²) in [6.07, 6.45) is 4.78. The second kappa shape index (κ2) is 13.2. The maximum Gasteiger partial charge on any atom is 0.264 e. The van der Waals surface area contributed by atoms with E-state index in [1.54, 1.807) is 24.3 Å². The SMILES string of the molecule is CCOc1ccc(/C=C2\CCC[C@@H]3C2=NN(C(=O)CN2N=N[C@@H]4C(=O)N(c5ccc(Cl)cc5)C(=O)[C@H]42)[C@H]3c2ccc(OCC)cc2)cc1. The van der Waals surface area contributed by atoms with Gasteiger partial charge in [0.1, 0.15) is 18.0 Å². The van der Waals surface area contributed by atoms with Crippen molar-refractivity contribution in [1.29, 1.82) is 0 Å². The van der Waals surface area contributed by atoms with Gasteiger partial charge in [-0.3, -0.25) is 19.4 Å². The first kappa shape index (κ1) is 31.6. The fraction of sp³-hybridized carbons (Fsp3) is 0.333. The molecule has 7 rings (SSSR count). The first-order valence-electron chi connectivity index (χ1n) is 16.2. The highest BCUT2D eigenvalue weighted by Crippen LogP contribution is 2.45. The molecule has 4 aliphatic rings. The molecule has 2 fully saturated rings. The molecule has 0 unspecified atom stereocenters. The molecule has 0 aromatic heterocycles. The Morgan fingerprint density at radius 1 is 0.896 bits per heavy atom. The minimum Gasteiger partial charge on any atom is -0.494 e. The fourth-order valence-corrected chi connectivity index (χ4v) is 7.03. The Balaban J connectivity index is 1.18. The van der Waals surface area contributed by atoms with Gasteiger partial charge < -0.3 is 9.47 Å². The molecule has 1 aliphatic carbocycles. The predicted octanol–water partition coefficient (Wildman–Crippen LogP) is 6.25. The summed E-state index contributed by atoms with van der Waals surface area (Å²) in [5, 5.41) is 16.6. The molecular weight excluding hydrogens is 632 g/mol. The van der Waals surface area contributed by atoms with Crippen LogP contribution in [0.3, 0.4) is 0 Å². The molecule has 12 heteroatoms. The molecule has 1 saturated carbocycles. The number of fused-ring (bicyclic) bond motifs is 2. The molecule has 0 radical (unpaired) electrons. The number of carbonyl (C=O) groups excluding carboxylic acids is 3. The summed E-state index contributed by atoms with van der Waals surface area (Å²) in [4.78, 5) is 42.1. The van der Waals surface area contributed by atoms with Crippen LogP contribution in [0.2, 0.25) is 5.02 Å². The van der Waals surface area contributed by atoms with Crippen molar-refractivity contribution in [3.63, 3.8) is 0 Å². The van der Waals surface area contributed by atoms with Crippen molar-refractivity contribution < 1.29 is 23.9 Å². The summed E-state index contributed by atoms with van der Waals surface area (Å²) >= 11 is 6.02. The average Bonchev–Trinajstić information content (AvgIpc) is 3.76. The van der Waals surface area contributed by atoms with Crippen LogP contribution >= 0.6 is 11.6 Å². The van der Waals surface area contributed by atoms with Crippen LogP contribution in [0.1, 0.15) is 50.3 Å². The fourth-order valence-electron chi connectivity index (χ4n) is 6.91. The molecule has 0 bridgehead atoms. The van der Waals surface area contributed by atoms with Gasteiger partial charge in [0.15, 0.2) is 12.1 Å². The van der Waals surface area contributed by atoms with Crippen molar-refractivity contribution in [2.24, 2.45) is 21.4 Å². The zero-order valence-electron chi connectivity index (χ0n) is 26.7. The molecule has 3 aliphatic heterocycles. The Morgan fingerprint density at radius 2 is 1.56 bits per heavy atom. The van der Waals surface area contributed by atoms with Crippen LogP contribution in [-0.2, 0) is 14.4 Å². The Hall–Kier alpha value is -5.03. The molecule has 4 atom stereocenters. The second-order valence-electron chi connectivity index (χ2n) is 12.0. The minimum atomic E-state index is -1.03. The first-order chi connectivity index (χ1) is 23.4. The minimum absolute atomic E-state index is 0.0300. The Bertz CT molecular complexity index is 1810. The smallest absolute Gasteiger partial charge is 0.264 e. The quantitative estimate of drug-likeness (QED) is 0.249. The maximum absolute atomic E-state index is 14.2. The molecule has 3 aromatic carbocycles. The third-order valence-corrected chi connectivity index (χ3v) is 9.31. The number of allylic oxidation sites excluding steroid dienone is 1. The number of halogens is 1. The van der Waals surface area contributed by atoms with E-state index in [0.717, 1.165) is 58.1 Å². The summed E-state index contributed by atoms with van der Waals surface area (Å²) in [5.74, 6) is 0.200. The lowest BCUT2D eigenvalue weighted by Crippen LogP contribution is -2.45. The van der Waals surface area contributed by atoms with Crippen LogP contribution in [0.5, 0.6) is 11.5 Å². The van der Waals surface area contributed by atoms with Gasteiger partial charge in [-0.1, -0.05) is 41.1 Å². The maximum atomic E-state index is 14.2. The number of rotatable bonds is 9. The van der Waals surface area contributed by atoms with Crippen molar-refractivity contribution in [2.75, 3.05) is 24.7 Å². The van der Waals surface area contributed by atoms with Crippen LogP contribution in [0.4, 0.5) is 5.69 Å². The monoisotopic (exact) mass is 666 g/mol. The molecule has 11 nitrogen and oxygen atoms in total. The lowest BCUT2D eigenvalue weighted by atomic mass is 9.77. The molecule has 246 valence electrons. The van der Waals surface area contributed by atoms with Crippen molar-refractivity contribution in [2.45, 2.75) is 51.2 Å². The molecule has 0 spiro atoms. The zero-order valence-corrected chi connectivity index (χ0v) is 27.4. The van der Waals surface area contributed by atoms with Gasteiger partial charge in [0.25, 0.3) is 17.7 Å². The van der Waals surface area contributed by atoms with Crippen LogP contribution < -0.4 is 14.4 Å². The van der Waals surface area contributed by atoms with Crippen LogP contribution in [0.25, 0.3) is 6.08 Å². The molecular formula is C36H35ClN6O5. The zero-order chi connectivity index (χ0) is 33.4. The third-order valence-electron chi connectivity index (χ3n) is 9.06. The van der Waals surface area contributed by atoms with Gasteiger partial charge in [-0.05, 0) is 104 Å². The average molecular weight is 667 g/mol. The normalized spacial score (nSPS) is 23.9. The number of hydrogen-bond acceptors (Lipinski definition) is 9. The number of amides is 3. The highest BCUT2D eigenvalue weighted by atomic mass is 35.5. The number of hydrogen-bond donors (Lipinski definition) is 0. The molecule has 3 heterocycles. The number of anilines is 1. The highest BCUT2D eigenvalue weighted by Gasteiger charge is 2.55. The summed E-state index contributed by atoms with van der Waals surface area (Å²) in [6, 6.07) is 19.7. The summed E-state index contributed by atoms with van der Waals surface area (Å²) in [7, 11) is 0. The Morgan fingerprint density at radius 3 is 2.23 bits per heavy atom. The number of ether oxygens (including phenoxy) is 2. The highest BCUT2D eigenvalue weighted by molar-refractivity contribution is 6.31. The first-order valence-corrected chi connectivity index (χ1v) is 16.6. The van der Waals surface area contributed by atoms with E-state index in [2.05, 4.69) is 16.4 Å². The predicted molar refractivity (Wildman–Crippen MR) is 181 cm³/mol. The third kappa shape index (κ3) is 5.83. The summed E-state index contributed by atoms with van der Waals surface area (Å²) in [5.41, 5.74) is 4.31. The van der Waals surface area contributed by atoms with Crippen molar-refractivity contribution in [3.05, 3.63) is 94.5 Å². The van der Waals surface area contributed by atoms with Crippen LogP contribution in [0, 0.1) is 5.92 Å². The number of benzene rings is 3. The van der Waals surface area contributed by atoms with E-state index in [1.807, 2.05) is 62.4 Å². The van der Waals surface area contributed by atoms with E-state index < -0.39 is 23.9 Å². The van der Waals surface area contributed by atoms with E-state index >= 15 is 0 Å². The number of nitrogens with zero attached hydrogens (tertiary/aromatic N) is 6. The van der Waals surface area contributed by atoms with Gasteiger partial charge in [0.2, 0.25) is 0 Å². The van der Waals surface area contributed by atoms with Crippen LogP contribution in [0.15, 0.2) is 93.8 Å². The number of carbonyl (C=O) groups is 3. The summed E-state index contributed by atoms with van der Waals surface area (Å²) in [6.45, 7) is 4.76. The molecule has 48 heavy (non-hydrogen) atoms. The standard InChI is InChI=1S/C36H35ClN6O5/c1-3-47-27-16-8-22(9-17-27)20-24-6-5-7-29-31(24)39-43(33(29)23-10-18-28(19-11-23)48-4-2)30(44)21-41-34-32(38-40-41)35(45)42(36(34)46)26-14-12-25(37)13-15-26/h8-20,29,32-34H,3-7,21H2,1-2H3/b24-20+/t29-,32+,33+,34+/m1/s1. The van der Waals surface area contributed by atoms with Gasteiger partial charge in [0, 0.05) is 10.9 Å². The van der Waals surface area contributed by atoms with Crippen molar-refractivity contribution in [1.82, 2.24) is 10.0 Å². The van der Waals surface area contributed by atoms with Gasteiger partial charge in [-0.15, -0.1) is 0 Å². The van der Waals surface area contributed by atoms with Gasteiger partial charge in [-0.2, -0.15) is 10.2 Å². The lowest BCUT2D eigenvalue weighted by Gasteiger charge is -2.30. The van der Waals surface area contributed by atoms with Gasteiger partial charge in [0.05, 0.1) is 30.7 Å². The van der Waals surface area contributed by atoms with Crippen molar-refractivity contribution in [3.8, 4) is 11.5 Å². The largest absolute Gasteiger partial charge is 0.494 e. The Kier molecular flexibility index (Phi) is 8.70. The van der Waals surface area contributed by atoms with E-state index in [1.165, 1.54) is 10.0 Å². The van der Waals surface area contributed by atoms with Crippen LogP contribution in [-0.4, -0.2) is 65.3 Å². The Labute approximate surface area is 283 Å².